The van der Waals surface area contributed by atoms with Gasteiger partial charge in [0, 0.05) is 12.5 Å². The van der Waals surface area contributed by atoms with Crippen molar-refractivity contribution in [3.63, 3.8) is 0 Å². The summed E-state index contributed by atoms with van der Waals surface area (Å²) in [6, 6.07) is 7.41. The molecule has 6 nitrogen and oxygen atoms in total. The van der Waals surface area contributed by atoms with E-state index in [1.807, 2.05) is 24.3 Å². The van der Waals surface area contributed by atoms with Crippen LogP contribution in [0, 0.1) is 5.92 Å². The maximum absolute atomic E-state index is 10.8. The minimum atomic E-state index is -3.65. The zero-order valence-corrected chi connectivity index (χ0v) is 10.7. The molecule has 1 aromatic rings. The summed E-state index contributed by atoms with van der Waals surface area (Å²) in [4.78, 5) is 0. The first kappa shape index (κ1) is 13.1. The predicted molar refractivity (Wildman–Crippen MR) is 66.6 cm³/mol. The van der Waals surface area contributed by atoms with Crippen molar-refractivity contribution in [2.24, 2.45) is 11.1 Å². The largest absolute Gasteiger partial charge is 0.490 e. The lowest BCUT2D eigenvalue weighted by molar-refractivity contribution is 0.175. The third kappa shape index (κ3) is 3.86. The smallest absolute Gasteiger partial charge is 0.274 e. The van der Waals surface area contributed by atoms with E-state index in [9.17, 15) is 8.42 Å². The number of nitrogens with two attached hydrogens (primary N) is 1. The third-order valence-corrected chi connectivity index (χ3v) is 3.25. The molecule has 0 saturated carbocycles. The molecule has 0 fully saturated rings. The Hall–Kier alpha value is -1.31. The van der Waals surface area contributed by atoms with Gasteiger partial charge in [0.25, 0.3) is 10.2 Å². The Balaban J connectivity index is 1.96. The fourth-order valence-corrected chi connectivity index (χ4v) is 2.18. The van der Waals surface area contributed by atoms with Gasteiger partial charge in [-0.25, -0.2) is 9.86 Å². The Labute approximate surface area is 106 Å². The van der Waals surface area contributed by atoms with Crippen LogP contribution >= 0.6 is 0 Å². The van der Waals surface area contributed by atoms with Gasteiger partial charge in [-0.2, -0.15) is 8.42 Å². The molecule has 1 atom stereocenters. The van der Waals surface area contributed by atoms with Gasteiger partial charge in [-0.05, 0) is 18.6 Å². The van der Waals surface area contributed by atoms with Gasteiger partial charge >= 0.3 is 0 Å². The Morgan fingerprint density at radius 3 is 2.61 bits per heavy atom. The van der Waals surface area contributed by atoms with Crippen LogP contribution in [0.4, 0.5) is 0 Å². The van der Waals surface area contributed by atoms with Crippen molar-refractivity contribution in [1.29, 1.82) is 0 Å². The van der Waals surface area contributed by atoms with Gasteiger partial charge in [0.15, 0.2) is 11.5 Å². The quantitative estimate of drug-likeness (QED) is 0.825. The summed E-state index contributed by atoms with van der Waals surface area (Å²) in [6.45, 7) is 1.21. The minimum absolute atomic E-state index is 0.0386. The van der Waals surface area contributed by atoms with Crippen LogP contribution in [0.25, 0.3) is 0 Å². The molecule has 0 bridgehead atoms. The molecule has 0 aromatic heterocycles. The van der Waals surface area contributed by atoms with Gasteiger partial charge in [-0.15, -0.1) is 0 Å². The summed E-state index contributed by atoms with van der Waals surface area (Å²) < 4.78 is 35.1. The van der Waals surface area contributed by atoms with Gasteiger partial charge < -0.3 is 9.47 Å². The summed E-state index contributed by atoms with van der Waals surface area (Å²) in [5.41, 5.74) is 0. The second-order valence-corrected chi connectivity index (χ2v) is 5.53. The number of rotatable bonds is 3. The van der Waals surface area contributed by atoms with Crippen molar-refractivity contribution < 1.29 is 17.9 Å². The third-order valence-electron chi connectivity index (χ3n) is 2.68. The Morgan fingerprint density at radius 1 is 1.28 bits per heavy atom. The second kappa shape index (κ2) is 5.55. The summed E-state index contributed by atoms with van der Waals surface area (Å²) in [7, 11) is -3.65. The van der Waals surface area contributed by atoms with E-state index in [0.717, 1.165) is 5.75 Å². The molecule has 2 rings (SSSR count). The monoisotopic (exact) mass is 272 g/mol. The van der Waals surface area contributed by atoms with Crippen LogP contribution < -0.4 is 19.3 Å². The molecule has 0 aliphatic carbocycles. The Morgan fingerprint density at radius 2 is 1.94 bits per heavy atom. The molecule has 100 valence electrons. The molecular formula is C11H16N2O4S. The number of para-hydroxylation sites is 2. The summed E-state index contributed by atoms with van der Waals surface area (Å²) in [6.07, 6.45) is 0.705. The van der Waals surface area contributed by atoms with Crippen molar-refractivity contribution in [3.8, 4) is 11.5 Å². The molecule has 0 radical (unpaired) electrons. The van der Waals surface area contributed by atoms with Crippen molar-refractivity contribution in [1.82, 2.24) is 4.72 Å². The molecule has 0 saturated heterocycles. The topological polar surface area (TPSA) is 90.7 Å². The van der Waals surface area contributed by atoms with Crippen LogP contribution in [0.3, 0.4) is 0 Å². The molecule has 3 N–H and O–H groups in total. The molecule has 1 aromatic carbocycles. The van der Waals surface area contributed by atoms with Gasteiger partial charge in [-0.1, -0.05) is 12.1 Å². The lowest BCUT2D eigenvalue weighted by Crippen LogP contribution is -2.37. The average molecular weight is 272 g/mol. The first-order valence-electron chi connectivity index (χ1n) is 5.66. The maximum atomic E-state index is 10.8. The number of benzene rings is 1. The lowest BCUT2D eigenvalue weighted by Gasteiger charge is -2.22. The average Bonchev–Trinajstić information content (AvgIpc) is 2.28. The van der Waals surface area contributed by atoms with Crippen molar-refractivity contribution in [2.75, 3.05) is 19.8 Å². The number of nitrogens with one attached hydrogen (secondary N) is 1. The van der Waals surface area contributed by atoms with Crippen molar-refractivity contribution in [2.45, 2.75) is 6.42 Å². The first-order chi connectivity index (χ1) is 8.54. The maximum Gasteiger partial charge on any atom is 0.274 e. The fourth-order valence-electron chi connectivity index (χ4n) is 1.71. The Bertz CT molecular complexity index is 504. The van der Waals surface area contributed by atoms with E-state index in [2.05, 4.69) is 4.72 Å². The van der Waals surface area contributed by atoms with Crippen LogP contribution in [0.1, 0.15) is 6.42 Å². The van der Waals surface area contributed by atoms with Gasteiger partial charge in [-0.3, -0.25) is 0 Å². The number of hydrogen-bond donors (Lipinski definition) is 2. The second-order valence-electron chi connectivity index (χ2n) is 4.15. The normalized spacial score (nSPS) is 19.9. The summed E-state index contributed by atoms with van der Waals surface area (Å²) in [5.74, 6) is 1.44. The van der Waals surface area contributed by atoms with E-state index in [1.165, 1.54) is 0 Å². The highest BCUT2D eigenvalue weighted by Crippen LogP contribution is 2.28. The molecule has 0 spiro atoms. The molecule has 0 amide bonds. The zero-order valence-electron chi connectivity index (χ0n) is 9.83. The van der Waals surface area contributed by atoms with E-state index in [1.54, 1.807) is 0 Å². The van der Waals surface area contributed by atoms with E-state index in [-0.39, 0.29) is 12.5 Å². The molecule has 1 aliphatic rings. The highest BCUT2D eigenvalue weighted by atomic mass is 32.2. The first-order valence-corrected chi connectivity index (χ1v) is 7.21. The zero-order chi connectivity index (χ0) is 13.0. The van der Waals surface area contributed by atoms with Gasteiger partial charge in [0.1, 0.15) is 0 Å². The minimum Gasteiger partial charge on any atom is -0.490 e. The van der Waals surface area contributed by atoms with Gasteiger partial charge in [0.05, 0.1) is 13.2 Å². The fraction of sp³-hybridized carbons (Fsp3) is 0.455. The van der Waals surface area contributed by atoms with E-state index >= 15 is 0 Å². The molecule has 18 heavy (non-hydrogen) atoms. The van der Waals surface area contributed by atoms with Crippen LogP contribution in [0.5, 0.6) is 11.5 Å². The van der Waals surface area contributed by atoms with Crippen LogP contribution in [0.15, 0.2) is 24.3 Å². The number of fused-ring (bicyclic) bond motifs is 1. The molecule has 1 heterocycles. The van der Waals surface area contributed by atoms with Crippen molar-refractivity contribution >= 4 is 10.2 Å². The van der Waals surface area contributed by atoms with E-state index in [0.29, 0.717) is 25.4 Å². The van der Waals surface area contributed by atoms with Gasteiger partial charge in [0.2, 0.25) is 0 Å². The van der Waals surface area contributed by atoms with Crippen LogP contribution in [0.2, 0.25) is 0 Å². The number of ether oxygens (including phenoxy) is 2. The van der Waals surface area contributed by atoms with Crippen LogP contribution in [-0.2, 0) is 10.2 Å². The molecule has 1 unspecified atom stereocenters. The predicted octanol–water partition coefficient (Wildman–Crippen LogP) is 0.257. The lowest BCUT2D eigenvalue weighted by atomic mass is 10.1. The molecule has 1 aliphatic heterocycles. The van der Waals surface area contributed by atoms with Crippen LogP contribution in [-0.4, -0.2) is 28.2 Å². The molecular weight excluding hydrogens is 256 g/mol. The van der Waals surface area contributed by atoms with E-state index < -0.39 is 10.2 Å². The standard InChI is InChI=1S/C11H16N2O4S/c12-18(14,15)13-7-9-5-6-16-10-3-1-2-4-11(10)17-8-9/h1-4,9,13H,5-8H2,(H2,12,14,15). The summed E-state index contributed by atoms with van der Waals surface area (Å²) >= 11 is 0. The number of hydrogen-bond acceptors (Lipinski definition) is 4. The highest BCUT2D eigenvalue weighted by molar-refractivity contribution is 7.87. The highest BCUT2D eigenvalue weighted by Gasteiger charge is 2.17. The van der Waals surface area contributed by atoms with Crippen molar-refractivity contribution in [3.05, 3.63) is 24.3 Å². The summed E-state index contributed by atoms with van der Waals surface area (Å²) in [5, 5.41) is 4.89. The Kier molecular flexibility index (Phi) is 4.05. The van der Waals surface area contributed by atoms with E-state index in [4.69, 9.17) is 14.6 Å². The molecule has 7 heteroatoms. The SMILES string of the molecule is NS(=O)(=O)NCC1CCOc2ccccc2OC1.